The van der Waals surface area contributed by atoms with Gasteiger partial charge in [-0.15, -0.1) is 0 Å². The maximum absolute atomic E-state index is 11.8. The van der Waals surface area contributed by atoms with Gasteiger partial charge in [0.1, 0.15) is 12.4 Å². The summed E-state index contributed by atoms with van der Waals surface area (Å²) in [6, 6.07) is 15.5. The summed E-state index contributed by atoms with van der Waals surface area (Å²) in [7, 11) is 0. The molecule has 2 aromatic rings. The standard InChI is InChI=1S/C15H12O4/c16-11-18-10-12-6-8-14(9-7-12)19-15(17)13-4-2-1-3-5-13/h1-9,11H,10H2. The van der Waals surface area contributed by atoms with Gasteiger partial charge in [0, 0.05) is 0 Å². The second-order valence-electron chi connectivity index (χ2n) is 3.81. The Morgan fingerprint density at radius 2 is 1.68 bits per heavy atom. The maximum atomic E-state index is 11.8. The van der Waals surface area contributed by atoms with Crippen LogP contribution in [0.25, 0.3) is 0 Å². The van der Waals surface area contributed by atoms with Gasteiger partial charge in [0.25, 0.3) is 6.47 Å². The van der Waals surface area contributed by atoms with E-state index in [4.69, 9.17) is 4.74 Å². The minimum atomic E-state index is -0.405. The highest BCUT2D eigenvalue weighted by atomic mass is 16.5. The van der Waals surface area contributed by atoms with Crippen molar-refractivity contribution in [2.45, 2.75) is 6.61 Å². The zero-order valence-electron chi connectivity index (χ0n) is 10.1. The van der Waals surface area contributed by atoms with E-state index in [-0.39, 0.29) is 6.61 Å². The molecule has 0 bridgehead atoms. The lowest BCUT2D eigenvalue weighted by molar-refractivity contribution is -0.129. The summed E-state index contributed by atoms with van der Waals surface area (Å²) in [4.78, 5) is 21.8. The molecule has 0 unspecified atom stereocenters. The first-order chi connectivity index (χ1) is 9.29. The van der Waals surface area contributed by atoms with Crippen LogP contribution in [0.2, 0.25) is 0 Å². The third-order valence-corrected chi connectivity index (χ3v) is 2.46. The number of esters is 1. The van der Waals surface area contributed by atoms with Crippen molar-refractivity contribution in [3.05, 3.63) is 65.7 Å². The smallest absolute Gasteiger partial charge is 0.343 e. The Morgan fingerprint density at radius 3 is 2.32 bits per heavy atom. The topological polar surface area (TPSA) is 52.6 Å². The van der Waals surface area contributed by atoms with Gasteiger partial charge in [-0.3, -0.25) is 4.79 Å². The first-order valence-corrected chi connectivity index (χ1v) is 5.71. The first kappa shape index (κ1) is 12.8. The lowest BCUT2D eigenvalue weighted by Gasteiger charge is -2.05. The third-order valence-electron chi connectivity index (χ3n) is 2.46. The Balaban J connectivity index is 1.99. The summed E-state index contributed by atoms with van der Waals surface area (Å²) >= 11 is 0. The van der Waals surface area contributed by atoms with E-state index >= 15 is 0 Å². The molecule has 0 spiro atoms. The Kier molecular flexibility index (Phi) is 4.29. The molecule has 0 aromatic heterocycles. The molecule has 96 valence electrons. The van der Waals surface area contributed by atoms with E-state index in [1.54, 1.807) is 48.5 Å². The zero-order valence-corrected chi connectivity index (χ0v) is 10.1. The molecule has 0 atom stereocenters. The predicted molar refractivity (Wildman–Crippen MR) is 68.7 cm³/mol. The highest BCUT2D eigenvalue weighted by Gasteiger charge is 2.07. The molecule has 4 heteroatoms. The fourth-order valence-electron chi connectivity index (χ4n) is 1.52. The third kappa shape index (κ3) is 3.67. The molecule has 0 saturated carbocycles. The summed E-state index contributed by atoms with van der Waals surface area (Å²) in [5, 5.41) is 0. The molecule has 19 heavy (non-hydrogen) atoms. The van der Waals surface area contributed by atoms with Gasteiger partial charge >= 0.3 is 5.97 Å². The van der Waals surface area contributed by atoms with E-state index in [1.165, 1.54) is 0 Å². The van der Waals surface area contributed by atoms with Crippen LogP contribution in [0, 0.1) is 0 Å². The highest BCUT2D eigenvalue weighted by molar-refractivity contribution is 5.90. The molecule has 0 aliphatic rings. The van der Waals surface area contributed by atoms with Crippen LogP contribution < -0.4 is 4.74 Å². The Labute approximate surface area is 110 Å². The summed E-state index contributed by atoms with van der Waals surface area (Å²) in [6.45, 7) is 0.597. The molecule has 4 nitrogen and oxygen atoms in total. The number of rotatable bonds is 5. The number of hydrogen-bond acceptors (Lipinski definition) is 4. The highest BCUT2D eigenvalue weighted by Crippen LogP contribution is 2.14. The normalized spacial score (nSPS) is 9.68. The molecule has 0 heterocycles. The fraction of sp³-hybridized carbons (Fsp3) is 0.0667. The number of ether oxygens (including phenoxy) is 2. The first-order valence-electron chi connectivity index (χ1n) is 5.71. The van der Waals surface area contributed by atoms with Crippen molar-refractivity contribution in [3.63, 3.8) is 0 Å². The van der Waals surface area contributed by atoms with Crippen molar-refractivity contribution in [2.24, 2.45) is 0 Å². The molecule has 0 N–H and O–H groups in total. The molecule has 0 fully saturated rings. The summed E-state index contributed by atoms with van der Waals surface area (Å²) in [6.07, 6.45) is 0. The van der Waals surface area contributed by atoms with Gasteiger partial charge in [0.05, 0.1) is 5.56 Å². The van der Waals surface area contributed by atoms with Crippen LogP contribution in [-0.4, -0.2) is 12.4 Å². The van der Waals surface area contributed by atoms with E-state index in [9.17, 15) is 9.59 Å². The minimum absolute atomic E-state index is 0.205. The predicted octanol–water partition coefficient (Wildman–Crippen LogP) is 2.58. The minimum Gasteiger partial charge on any atom is -0.463 e. The average molecular weight is 256 g/mol. The van der Waals surface area contributed by atoms with Crippen molar-refractivity contribution >= 4 is 12.4 Å². The van der Waals surface area contributed by atoms with Crippen LogP contribution in [0.3, 0.4) is 0 Å². The summed E-state index contributed by atoms with van der Waals surface area (Å²) < 4.78 is 9.83. The number of carbonyl (C=O) groups is 2. The molecule has 0 aliphatic heterocycles. The van der Waals surface area contributed by atoms with Crippen LogP contribution >= 0.6 is 0 Å². The van der Waals surface area contributed by atoms with Crippen molar-refractivity contribution in [1.29, 1.82) is 0 Å². The fourth-order valence-corrected chi connectivity index (χ4v) is 1.52. The van der Waals surface area contributed by atoms with Gasteiger partial charge in [0.2, 0.25) is 0 Å². The SMILES string of the molecule is O=COCc1ccc(OC(=O)c2ccccc2)cc1. The van der Waals surface area contributed by atoms with Crippen LogP contribution in [0.5, 0.6) is 5.75 Å². The van der Waals surface area contributed by atoms with Gasteiger partial charge in [0.15, 0.2) is 0 Å². The van der Waals surface area contributed by atoms with E-state index in [0.717, 1.165) is 5.56 Å². The maximum Gasteiger partial charge on any atom is 0.343 e. The molecule has 2 aromatic carbocycles. The Hall–Kier alpha value is -2.62. The molecule has 2 rings (SSSR count). The molecule has 0 saturated heterocycles. The summed E-state index contributed by atoms with van der Waals surface area (Å²) in [5.41, 5.74) is 1.32. The molecular formula is C15H12O4. The van der Waals surface area contributed by atoms with Gasteiger partial charge in [-0.1, -0.05) is 30.3 Å². The van der Waals surface area contributed by atoms with Gasteiger partial charge in [-0.2, -0.15) is 0 Å². The molecular weight excluding hydrogens is 244 g/mol. The van der Waals surface area contributed by atoms with Crippen molar-refractivity contribution < 1.29 is 19.1 Å². The van der Waals surface area contributed by atoms with E-state index in [0.29, 0.717) is 17.8 Å². The quantitative estimate of drug-likeness (QED) is 0.468. The lowest BCUT2D eigenvalue weighted by atomic mass is 10.2. The zero-order chi connectivity index (χ0) is 13.5. The van der Waals surface area contributed by atoms with Crippen molar-refractivity contribution in [2.75, 3.05) is 0 Å². The van der Waals surface area contributed by atoms with Crippen molar-refractivity contribution in [3.8, 4) is 5.75 Å². The van der Waals surface area contributed by atoms with Gasteiger partial charge < -0.3 is 9.47 Å². The Bertz CT molecular complexity index is 546. The molecule has 0 amide bonds. The van der Waals surface area contributed by atoms with Gasteiger partial charge in [-0.25, -0.2) is 4.79 Å². The monoisotopic (exact) mass is 256 g/mol. The molecule has 0 radical (unpaired) electrons. The Morgan fingerprint density at radius 1 is 1.00 bits per heavy atom. The van der Waals surface area contributed by atoms with Crippen molar-refractivity contribution in [1.82, 2.24) is 0 Å². The van der Waals surface area contributed by atoms with Crippen LogP contribution in [0.4, 0.5) is 0 Å². The van der Waals surface area contributed by atoms with Crippen LogP contribution in [0.1, 0.15) is 15.9 Å². The second-order valence-corrected chi connectivity index (χ2v) is 3.81. The lowest BCUT2D eigenvalue weighted by Crippen LogP contribution is -2.08. The summed E-state index contributed by atoms with van der Waals surface area (Å²) in [5.74, 6) is 0.0428. The van der Waals surface area contributed by atoms with Crippen LogP contribution in [0.15, 0.2) is 54.6 Å². The number of carbonyl (C=O) groups excluding carboxylic acids is 2. The number of hydrogen-bond donors (Lipinski definition) is 0. The average Bonchev–Trinajstić information content (AvgIpc) is 2.47. The largest absolute Gasteiger partial charge is 0.463 e. The van der Waals surface area contributed by atoms with E-state index in [2.05, 4.69) is 4.74 Å². The number of benzene rings is 2. The van der Waals surface area contributed by atoms with E-state index < -0.39 is 5.97 Å². The van der Waals surface area contributed by atoms with E-state index in [1.807, 2.05) is 6.07 Å². The van der Waals surface area contributed by atoms with Gasteiger partial charge in [-0.05, 0) is 29.8 Å². The molecule has 0 aliphatic carbocycles. The second kappa shape index (κ2) is 6.35. The van der Waals surface area contributed by atoms with Crippen LogP contribution in [-0.2, 0) is 16.1 Å².